The topological polar surface area (TPSA) is 28.9 Å². The third-order valence-electron chi connectivity index (χ3n) is 6.55. The molecular weight excluding hydrogens is 629 g/mol. The van der Waals surface area contributed by atoms with E-state index in [4.69, 9.17) is 74.3 Å². The lowest BCUT2D eigenvalue weighted by Crippen LogP contribution is -2.44. The Labute approximate surface area is 263 Å². The highest BCUT2D eigenvalue weighted by Gasteiger charge is 2.35. The Morgan fingerprint density at radius 3 is 1.68 bits per heavy atom. The fourth-order valence-corrected chi connectivity index (χ4v) is 5.81. The van der Waals surface area contributed by atoms with Crippen molar-refractivity contribution in [1.29, 1.82) is 0 Å². The van der Waals surface area contributed by atoms with Crippen molar-refractivity contribution in [3.05, 3.63) is 157 Å². The summed E-state index contributed by atoms with van der Waals surface area (Å²) in [5.74, 6) is 0.749. The maximum absolute atomic E-state index is 7.29. The highest BCUT2D eigenvalue weighted by atomic mass is 35.5. The zero-order chi connectivity index (χ0) is 28.2. The first-order valence-corrected chi connectivity index (χ1v) is 14.7. The summed E-state index contributed by atoms with van der Waals surface area (Å²) in [5.41, 5.74) is 3.72. The molecule has 3 nitrogen and oxygen atoms in total. The highest BCUT2D eigenvalue weighted by molar-refractivity contribution is 6.35. The number of H-pyrrole nitrogens is 1. The quantitative estimate of drug-likeness (QED) is 0.125. The second-order valence-corrected chi connectivity index (χ2v) is 11.8. The molecule has 0 saturated heterocycles. The minimum atomic E-state index is -0.621. The molecule has 0 aliphatic carbocycles. The van der Waals surface area contributed by atoms with Crippen LogP contribution < -0.4 is 4.57 Å². The molecule has 0 amide bonds. The first-order valence-electron chi connectivity index (χ1n) is 12.3. The van der Waals surface area contributed by atoms with Gasteiger partial charge in [0.1, 0.15) is 18.5 Å². The molecule has 1 N–H and O–H groups in total. The molecule has 0 bridgehead atoms. The van der Waals surface area contributed by atoms with Gasteiger partial charge in [0.2, 0.25) is 0 Å². The van der Waals surface area contributed by atoms with Crippen LogP contribution in [0.5, 0.6) is 0 Å². The molecule has 204 valence electrons. The summed E-state index contributed by atoms with van der Waals surface area (Å²) >= 11 is 38.5. The summed E-state index contributed by atoms with van der Waals surface area (Å²) < 4.78 is 8.57. The molecule has 5 rings (SSSR count). The van der Waals surface area contributed by atoms with Crippen molar-refractivity contribution in [3.8, 4) is 0 Å². The van der Waals surface area contributed by atoms with E-state index >= 15 is 0 Å². The van der Waals surface area contributed by atoms with Crippen LogP contribution in [-0.2, 0) is 11.3 Å². The molecule has 1 heterocycles. The van der Waals surface area contributed by atoms with Gasteiger partial charge in [0.25, 0.3) is 5.82 Å². The molecular formula is C31H23Cl6N2O+. The summed E-state index contributed by atoms with van der Waals surface area (Å²) in [6.07, 6.45) is 3.28. The van der Waals surface area contributed by atoms with Gasteiger partial charge in [-0.25, -0.2) is 9.55 Å². The zero-order valence-corrected chi connectivity index (χ0v) is 25.4. The summed E-state index contributed by atoms with van der Waals surface area (Å²) in [6, 6.07) is 28.1. The van der Waals surface area contributed by atoms with Crippen molar-refractivity contribution >= 4 is 69.6 Å². The van der Waals surface area contributed by atoms with Crippen LogP contribution >= 0.6 is 69.6 Å². The van der Waals surface area contributed by atoms with Crippen molar-refractivity contribution in [2.24, 2.45) is 0 Å². The maximum atomic E-state index is 7.29. The molecule has 2 unspecified atom stereocenters. The fourth-order valence-electron chi connectivity index (χ4n) is 4.57. The number of rotatable bonds is 9. The molecule has 1 aromatic heterocycles. The highest BCUT2D eigenvalue weighted by Crippen LogP contribution is 2.38. The number of nitrogens with one attached hydrogen (secondary N) is 1. The van der Waals surface area contributed by atoms with Gasteiger partial charge in [-0.05, 0) is 59.7 Å². The standard InChI is InChI=1S/C31H22Cl6N2O/c32-23-8-1-19(2-9-23)29(20-3-10-24(33)11-4-20)39-16-15-38-31(39)28(37)30(21-5-12-25(34)13-6-21)40-18-22-7-14-26(35)17-27(22)36/h1-17,28-30H,18H2/p+1. The van der Waals surface area contributed by atoms with Crippen molar-refractivity contribution < 1.29 is 9.30 Å². The maximum Gasteiger partial charge on any atom is 0.276 e. The average molecular weight is 652 g/mol. The van der Waals surface area contributed by atoms with Crippen LogP contribution in [0, 0.1) is 0 Å². The van der Waals surface area contributed by atoms with Crippen LogP contribution in [0.4, 0.5) is 0 Å². The van der Waals surface area contributed by atoms with Gasteiger partial charge in [-0.2, -0.15) is 0 Å². The van der Waals surface area contributed by atoms with Crippen molar-refractivity contribution in [1.82, 2.24) is 4.98 Å². The lowest BCUT2D eigenvalue weighted by atomic mass is 9.97. The van der Waals surface area contributed by atoms with E-state index in [-0.39, 0.29) is 12.6 Å². The molecule has 40 heavy (non-hydrogen) atoms. The van der Waals surface area contributed by atoms with E-state index in [0.29, 0.717) is 25.1 Å². The predicted molar refractivity (Wildman–Crippen MR) is 165 cm³/mol. The van der Waals surface area contributed by atoms with Gasteiger partial charge in [-0.3, -0.25) is 0 Å². The Morgan fingerprint density at radius 2 is 1.15 bits per heavy atom. The molecule has 0 aliphatic heterocycles. The van der Waals surface area contributed by atoms with Gasteiger partial charge < -0.3 is 4.74 Å². The first-order chi connectivity index (χ1) is 19.3. The van der Waals surface area contributed by atoms with E-state index in [1.807, 2.05) is 91.3 Å². The first kappa shape index (κ1) is 29.3. The normalized spacial score (nSPS) is 13.0. The minimum Gasteiger partial charge on any atom is -0.367 e. The number of nitrogens with zero attached hydrogens (tertiary/aromatic N) is 1. The number of halogens is 6. The lowest BCUT2D eigenvalue weighted by Gasteiger charge is -2.24. The largest absolute Gasteiger partial charge is 0.367 e. The number of aromatic nitrogens is 2. The molecule has 0 saturated carbocycles. The molecule has 5 aromatic rings. The van der Waals surface area contributed by atoms with E-state index < -0.39 is 11.5 Å². The van der Waals surface area contributed by atoms with Crippen molar-refractivity contribution in [3.63, 3.8) is 0 Å². The Morgan fingerprint density at radius 1 is 0.650 bits per heavy atom. The number of hydrogen-bond donors (Lipinski definition) is 1. The van der Waals surface area contributed by atoms with E-state index in [2.05, 4.69) is 9.55 Å². The minimum absolute atomic E-state index is 0.214. The SMILES string of the molecule is Clc1ccc(C(OCc2ccc(Cl)cc2Cl)C(Cl)c2[nH]cc[n+]2C(c2ccc(Cl)cc2)c2ccc(Cl)cc2)cc1. The Bertz CT molecular complexity index is 1520. The van der Waals surface area contributed by atoms with Gasteiger partial charge in [0.15, 0.2) is 11.4 Å². The summed E-state index contributed by atoms with van der Waals surface area (Å²) in [7, 11) is 0. The lowest BCUT2D eigenvalue weighted by molar-refractivity contribution is -0.711. The molecule has 0 fully saturated rings. The molecule has 4 aromatic carbocycles. The summed E-state index contributed by atoms with van der Waals surface area (Å²) in [4.78, 5) is 3.36. The van der Waals surface area contributed by atoms with Crippen LogP contribution in [0.1, 0.15) is 45.6 Å². The third-order valence-corrected chi connectivity index (χ3v) is 8.33. The summed E-state index contributed by atoms with van der Waals surface area (Å²) in [6.45, 7) is 0.227. The molecule has 9 heteroatoms. The second kappa shape index (κ2) is 13.2. The number of ether oxygens (including phenoxy) is 1. The van der Waals surface area contributed by atoms with Gasteiger partial charge in [0, 0.05) is 36.2 Å². The van der Waals surface area contributed by atoms with E-state index in [0.717, 1.165) is 28.1 Å². The van der Waals surface area contributed by atoms with E-state index in [1.54, 1.807) is 12.1 Å². The molecule has 0 aliphatic rings. The third kappa shape index (κ3) is 6.80. The van der Waals surface area contributed by atoms with Crippen molar-refractivity contribution in [2.75, 3.05) is 0 Å². The number of alkyl halides is 1. The fraction of sp³-hybridized carbons (Fsp3) is 0.129. The number of hydrogen-bond acceptors (Lipinski definition) is 1. The number of aromatic amines is 1. The zero-order valence-electron chi connectivity index (χ0n) is 20.9. The average Bonchev–Trinajstić information content (AvgIpc) is 3.42. The number of benzene rings is 4. The van der Waals surface area contributed by atoms with Crippen molar-refractivity contribution in [2.45, 2.75) is 24.1 Å². The van der Waals surface area contributed by atoms with Gasteiger partial charge in [-0.1, -0.05) is 100 Å². The van der Waals surface area contributed by atoms with Crippen LogP contribution in [0.25, 0.3) is 0 Å². The predicted octanol–water partition coefficient (Wildman–Crippen LogP) is 10.4. The Kier molecular flexibility index (Phi) is 9.65. The number of imidazole rings is 1. The Balaban J connectivity index is 1.55. The van der Waals surface area contributed by atoms with Gasteiger partial charge in [-0.15, -0.1) is 11.6 Å². The van der Waals surface area contributed by atoms with Gasteiger partial charge in [0.05, 0.1) is 6.61 Å². The Hall–Kier alpha value is -2.21. The molecule has 0 radical (unpaired) electrons. The van der Waals surface area contributed by atoms with Crippen LogP contribution in [-0.4, -0.2) is 4.98 Å². The monoisotopic (exact) mass is 649 g/mol. The van der Waals surface area contributed by atoms with Crippen LogP contribution in [0.15, 0.2) is 103 Å². The summed E-state index contributed by atoms with van der Waals surface area (Å²) in [5, 5.41) is 2.39. The molecule has 2 atom stereocenters. The smallest absolute Gasteiger partial charge is 0.276 e. The van der Waals surface area contributed by atoms with E-state index in [9.17, 15) is 0 Å². The van der Waals surface area contributed by atoms with Crippen LogP contribution in [0.3, 0.4) is 0 Å². The van der Waals surface area contributed by atoms with Crippen LogP contribution in [0.2, 0.25) is 25.1 Å². The van der Waals surface area contributed by atoms with Gasteiger partial charge >= 0.3 is 0 Å². The van der Waals surface area contributed by atoms with E-state index in [1.165, 1.54) is 0 Å². The molecule has 0 spiro atoms. The second-order valence-electron chi connectivity index (χ2n) is 9.18.